The Balaban J connectivity index is 2.40. The van der Waals surface area contributed by atoms with E-state index in [0.29, 0.717) is 12.2 Å². The lowest BCUT2D eigenvalue weighted by molar-refractivity contribution is -0.389. The number of sulfonamides is 1. The molecule has 8 nitrogen and oxygen atoms in total. The van der Waals surface area contributed by atoms with Crippen molar-refractivity contribution in [1.29, 1.82) is 0 Å². The van der Waals surface area contributed by atoms with E-state index in [0.717, 1.165) is 6.26 Å². The van der Waals surface area contributed by atoms with Gasteiger partial charge in [-0.15, -0.1) is 0 Å². The van der Waals surface area contributed by atoms with Crippen molar-refractivity contribution in [3.05, 3.63) is 28.4 Å². The minimum atomic E-state index is -3.19. The minimum absolute atomic E-state index is 0.232. The molecule has 0 unspecified atom stereocenters. The quantitative estimate of drug-likeness (QED) is 0.421. The third kappa shape index (κ3) is 5.22. The number of nitrogens with zero attached hydrogens (tertiary/aromatic N) is 2. The van der Waals surface area contributed by atoms with Gasteiger partial charge in [-0.2, -0.15) is 0 Å². The second-order valence-electron chi connectivity index (χ2n) is 3.26. The molecule has 0 saturated heterocycles. The van der Waals surface area contributed by atoms with Crippen LogP contribution in [0.25, 0.3) is 0 Å². The summed E-state index contributed by atoms with van der Waals surface area (Å²) < 4.78 is 23.8. The first kappa shape index (κ1) is 13.3. The number of rotatable bonds is 6. The Hall–Kier alpha value is -1.74. The van der Waals surface area contributed by atoms with Gasteiger partial charge in [0, 0.05) is 19.2 Å². The molecule has 0 spiro atoms. The van der Waals surface area contributed by atoms with E-state index >= 15 is 0 Å². The summed E-state index contributed by atoms with van der Waals surface area (Å²) in [4.78, 5) is 13.3. The maximum atomic E-state index is 10.7. The van der Waals surface area contributed by atoms with Gasteiger partial charge >= 0.3 is 5.82 Å². The summed E-state index contributed by atoms with van der Waals surface area (Å²) in [5, 5.41) is 13.2. The zero-order chi connectivity index (χ0) is 12.9. The van der Waals surface area contributed by atoms with Crippen LogP contribution in [-0.4, -0.2) is 37.7 Å². The van der Waals surface area contributed by atoms with Crippen LogP contribution >= 0.6 is 0 Å². The Morgan fingerprint density at radius 1 is 1.41 bits per heavy atom. The topological polar surface area (TPSA) is 114 Å². The fraction of sp³-hybridized carbons (Fsp3) is 0.375. The number of anilines is 1. The molecule has 2 N–H and O–H groups in total. The van der Waals surface area contributed by atoms with Crippen molar-refractivity contribution in [2.45, 2.75) is 0 Å². The van der Waals surface area contributed by atoms with Crippen molar-refractivity contribution in [2.24, 2.45) is 0 Å². The van der Waals surface area contributed by atoms with Gasteiger partial charge in [-0.3, -0.25) is 0 Å². The predicted octanol–water partition coefficient (Wildman–Crippen LogP) is -0.0491. The summed E-state index contributed by atoms with van der Waals surface area (Å²) in [7, 11) is -3.19. The Labute approximate surface area is 98.3 Å². The zero-order valence-electron chi connectivity index (χ0n) is 9.08. The molecular weight excluding hydrogens is 248 g/mol. The second-order valence-corrected chi connectivity index (χ2v) is 5.09. The van der Waals surface area contributed by atoms with Gasteiger partial charge in [0.05, 0.1) is 11.9 Å². The van der Waals surface area contributed by atoms with Crippen LogP contribution in [-0.2, 0) is 10.0 Å². The van der Waals surface area contributed by atoms with Crippen LogP contribution in [0.3, 0.4) is 0 Å². The summed E-state index contributed by atoms with van der Waals surface area (Å²) in [6.07, 6.45) is 2.39. The van der Waals surface area contributed by atoms with E-state index in [1.807, 2.05) is 0 Å². The van der Waals surface area contributed by atoms with Gasteiger partial charge in [0.25, 0.3) is 0 Å². The summed E-state index contributed by atoms with van der Waals surface area (Å²) >= 11 is 0. The largest absolute Gasteiger partial charge is 0.381 e. The third-order valence-electron chi connectivity index (χ3n) is 1.75. The monoisotopic (exact) mass is 260 g/mol. The standard InChI is InChI=1S/C8H12N4O4S/c1-17(15,16)11-5-4-9-7-2-3-8(10-6-7)12(13)14/h2-3,6,9,11H,4-5H2,1H3. The van der Waals surface area contributed by atoms with Gasteiger partial charge in [0.15, 0.2) is 6.20 Å². The Morgan fingerprint density at radius 2 is 2.12 bits per heavy atom. The van der Waals surface area contributed by atoms with E-state index in [9.17, 15) is 18.5 Å². The maximum absolute atomic E-state index is 10.7. The molecule has 1 heterocycles. The summed E-state index contributed by atoms with van der Waals surface area (Å²) in [6.45, 7) is 0.600. The van der Waals surface area contributed by atoms with E-state index in [4.69, 9.17) is 0 Å². The van der Waals surface area contributed by atoms with E-state index in [1.54, 1.807) is 0 Å². The van der Waals surface area contributed by atoms with Crippen molar-refractivity contribution in [2.75, 3.05) is 24.7 Å². The highest BCUT2D eigenvalue weighted by Crippen LogP contribution is 2.10. The smallest absolute Gasteiger partial charge is 0.363 e. The molecule has 0 aliphatic rings. The van der Waals surface area contributed by atoms with Crippen molar-refractivity contribution in [3.63, 3.8) is 0 Å². The fourth-order valence-corrected chi connectivity index (χ4v) is 1.51. The first-order valence-electron chi connectivity index (χ1n) is 4.67. The molecule has 0 atom stereocenters. The zero-order valence-corrected chi connectivity index (χ0v) is 9.90. The van der Waals surface area contributed by atoms with E-state index in [1.165, 1.54) is 18.3 Å². The molecule has 1 aromatic heterocycles. The highest BCUT2D eigenvalue weighted by molar-refractivity contribution is 7.88. The Morgan fingerprint density at radius 3 is 2.59 bits per heavy atom. The Bertz CT molecular complexity index is 485. The van der Waals surface area contributed by atoms with Crippen LogP contribution in [0, 0.1) is 10.1 Å². The molecule has 0 fully saturated rings. The van der Waals surface area contributed by atoms with Crippen LogP contribution in [0.4, 0.5) is 11.5 Å². The predicted molar refractivity (Wildman–Crippen MR) is 62.2 cm³/mol. The molecule has 94 valence electrons. The van der Waals surface area contributed by atoms with Crippen LogP contribution in [0.2, 0.25) is 0 Å². The molecule has 1 rings (SSSR count). The molecule has 0 saturated carbocycles. The average Bonchev–Trinajstić information content (AvgIpc) is 2.24. The van der Waals surface area contributed by atoms with Crippen molar-refractivity contribution >= 4 is 21.5 Å². The number of pyridine rings is 1. The highest BCUT2D eigenvalue weighted by atomic mass is 32.2. The molecule has 0 aliphatic heterocycles. The summed E-state index contributed by atoms with van der Waals surface area (Å²) in [5.41, 5.74) is 0.589. The first-order valence-corrected chi connectivity index (χ1v) is 6.56. The van der Waals surface area contributed by atoms with Crippen molar-refractivity contribution < 1.29 is 13.3 Å². The van der Waals surface area contributed by atoms with E-state index < -0.39 is 14.9 Å². The molecule has 0 radical (unpaired) electrons. The normalized spacial score (nSPS) is 11.1. The van der Waals surface area contributed by atoms with Crippen molar-refractivity contribution in [3.8, 4) is 0 Å². The molecule has 0 aromatic carbocycles. The SMILES string of the molecule is CS(=O)(=O)NCCNc1ccc([N+](=O)[O-])nc1. The highest BCUT2D eigenvalue weighted by Gasteiger charge is 2.05. The summed E-state index contributed by atoms with van der Waals surface area (Å²) in [6, 6.07) is 2.78. The third-order valence-corrected chi connectivity index (χ3v) is 2.48. The number of nitro groups is 1. The molecule has 17 heavy (non-hydrogen) atoms. The summed E-state index contributed by atoms with van der Waals surface area (Å²) in [5.74, 6) is -0.232. The maximum Gasteiger partial charge on any atom is 0.363 e. The van der Waals surface area contributed by atoms with E-state index in [-0.39, 0.29) is 12.4 Å². The molecule has 9 heteroatoms. The van der Waals surface area contributed by atoms with Crippen LogP contribution < -0.4 is 10.0 Å². The molecule has 0 aliphatic carbocycles. The van der Waals surface area contributed by atoms with Gasteiger partial charge in [0.1, 0.15) is 0 Å². The van der Waals surface area contributed by atoms with Crippen LogP contribution in [0.1, 0.15) is 0 Å². The van der Waals surface area contributed by atoms with Gasteiger partial charge in [-0.25, -0.2) is 13.1 Å². The average molecular weight is 260 g/mol. The molecular formula is C8H12N4O4S. The number of nitrogens with one attached hydrogen (secondary N) is 2. The van der Waals surface area contributed by atoms with Crippen molar-refractivity contribution in [1.82, 2.24) is 9.71 Å². The fourth-order valence-electron chi connectivity index (χ4n) is 1.04. The molecule has 0 bridgehead atoms. The lowest BCUT2D eigenvalue weighted by atomic mass is 10.4. The van der Waals surface area contributed by atoms with Gasteiger partial charge in [-0.05, 0) is 16.0 Å². The first-order chi connectivity index (χ1) is 7.88. The lowest BCUT2D eigenvalue weighted by Gasteiger charge is -2.04. The minimum Gasteiger partial charge on any atom is -0.381 e. The molecule has 0 amide bonds. The number of aromatic nitrogens is 1. The Kier molecular flexibility index (Phi) is 4.35. The van der Waals surface area contributed by atoms with Gasteiger partial charge in [0.2, 0.25) is 10.0 Å². The van der Waals surface area contributed by atoms with Crippen LogP contribution in [0.5, 0.6) is 0 Å². The van der Waals surface area contributed by atoms with Crippen LogP contribution in [0.15, 0.2) is 18.3 Å². The van der Waals surface area contributed by atoms with Gasteiger partial charge < -0.3 is 15.4 Å². The molecule has 1 aromatic rings. The second kappa shape index (κ2) is 5.55. The number of hydrogen-bond acceptors (Lipinski definition) is 6. The van der Waals surface area contributed by atoms with Gasteiger partial charge in [-0.1, -0.05) is 0 Å². The van der Waals surface area contributed by atoms with E-state index in [2.05, 4.69) is 15.0 Å². The number of hydrogen-bond donors (Lipinski definition) is 2. The lowest BCUT2D eigenvalue weighted by Crippen LogP contribution is -2.27.